The maximum atomic E-state index is 12.2. The molecule has 0 spiro atoms. The fraction of sp³-hybridized carbons (Fsp3) is 0.435. The SMILES string of the molecule is Cc1ccc(OCCCC(=O)Nc2ccc(N3CCN(C)CC3)c(C)c2)cc1. The van der Waals surface area contributed by atoms with E-state index >= 15 is 0 Å². The zero-order valence-electron chi connectivity index (χ0n) is 17.2. The molecule has 1 aliphatic heterocycles. The molecule has 28 heavy (non-hydrogen) atoms. The number of amides is 1. The molecule has 0 aromatic heterocycles. The van der Waals surface area contributed by atoms with Crippen LogP contribution >= 0.6 is 0 Å². The molecule has 1 aliphatic rings. The highest BCUT2D eigenvalue weighted by atomic mass is 16.5. The third-order valence-corrected chi connectivity index (χ3v) is 5.16. The Morgan fingerprint density at radius 3 is 2.43 bits per heavy atom. The third-order valence-electron chi connectivity index (χ3n) is 5.16. The Morgan fingerprint density at radius 2 is 1.75 bits per heavy atom. The number of likely N-dealkylation sites (N-methyl/N-ethyl adjacent to an activating group) is 1. The summed E-state index contributed by atoms with van der Waals surface area (Å²) < 4.78 is 5.68. The minimum atomic E-state index is 0.0271. The molecule has 0 bridgehead atoms. The number of hydrogen-bond donors (Lipinski definition) is 1. The third kappa shape index (κ3) is 5.73. The number of nitrogens with zero attached hydrogens (tertiary/aromatic N) is 2. The van der Waals surface area contributed by atoms with Crippen LogP contribution in [0.5, 0.6) is 5.75 Å². The molecule has 0 aliphatic carbocycles. The summed E-state index contributed by atoms with van der Waals surface area (Å²) in [5.41, 5.74) is 4.53. The molecule has 1 saturated heterocycles. The summed E-state index contributed by atoms with van der Waals surface area (Å²) in [6, 6.07) is 14.2. The van der Waals surface area contributed by atoms with Crippen molar-refractivity contribution in [3.8, 4) is 5.75 Å². The average molecular weight is 382 g/mol. The van der Waals surface area contributed by atoms with E-state index in [1.807, 2.05) is 37.3 Å². The van der Waals surface area contributed by atoms with Gasteiger partial charge in [0.05, 0.1) is 6.61 Å². The second kappa shape index (κ2) is 9.60. The lowest BCUT2D eigenvalue weighted by Crippen LogP contribution is -2.44. The quantitative estimate of drug-likeness (QED) is 0.740. The fourth-order valence-electron chi connectivity index (χ4n) is 3.42. The first kappa shape index (κ1) is 20.2. The molecule has 1 amide bonds. The Kier molecular flexibility index (Phi) is 6.93. The largest absolute Gasteiger partial charge is 0.494 e. The van der Waals surface area contributed by atoms with Crippen LogP contribution in [0.2, 0.25) is 0 Å². The van der Waals surface area contributed by atoms with E-state index in [-0.39, 0.29) is 5.91 Å². The molecule has 3 rings (SSSR count). The highest BCUT2D eigenvalue weighted by molar-refractivity contribution is 5.91. The van der Waals surface area contributed by atoms with Gasteiger partial charge in [-0.15, -0.1) is 0 Å². The van der Waals surface area contributed by atoms with E-state index < -0.39 is 0 Å². The molecule has 0 saturated carbocycles. The molecular formula is C23H31N3O2. The highest BCUT2D eigenvalue weighted by Crippen LogP contribution is 2.24. The van der Waals surface area contributed by atoms with Crippen molar-refractivity contribution in [1.29, 1.82) is 0 Å². The first-order valence-electron chi connectivity index (χ1n) is 10.0. The maximum Gasteiger partial charge on any atom is 0.224 e. The number of rotatable bonds is 7. The van der Waals surface area contributed by atoms with Crippen molar-refractivity contribution in [2.45, 2.75) is 26.7 Å². The molecule has 0 radical (unpaired) electrons. The normalized spacial score (nSPS) is 14.8. The van der Waals surface area contributed by atoms with E-state index in [0.717, 1.165) is 37.6 Å². The lowest BCUT2D eigenvalue weighted by atomic mass is 10.1. The Hall–Kier alpha value is -2.53. The van der Waals surface area contributed by atoms with Gasteiger partial charge in [-0.2, -0.15) is 0 Å². The zero-order chi connectivity index (χ0) is 19.9. The van der Waals surface area contributed by atoms with Gasteiger partial charge in [0.15, 0.2) is 0 Å². The zero-order valence-corrected chi connectivity index (χ0v) is 17.2. The summed E-state index contributed by atoms with van der Waals surface area (Å²) in [6.45, 7) is 8.96. The van der Waals surface area contributed by atoms with Gasteiger partial charge in [0.25, 0.3) is 0 Å². The molecule has 5 nitrogen and oxygen atoms in total. The maximum absolute atomic E-state index is 12.2. The molecule has 2 aromatic rings. The second-order valence-electron chi connectivity index (χ2n) is 7.60. The van der Waals surface area contributed by atoms with Crippen molar-refractivity contribution in [2.24, 2.45) is 0 Å². The number of carbonyl (C=O) groups excluding carboxylic acids is 1. The van der Waals surface area contributed by atoms with Gasteiger partial charge in [-0.1, -0.05) is 17.7 Å². The van der Waals surface area contributed by atoms with E-state index in [1.165, 1.54) is 16.8 Å². The lowest BCUT2D eigenvalue weighted by molar-refractivity contribution is -0.116. The van der Waals surface area contributed by atoms with E-state index in [0.29, 0.717) is 19.4 Å². The minimum Gasteiger partial charge on any atom is -0.494 e. The van der Waals surface area contributed by atoms with Gasteiger partial charge >= 0.3 is 0 Å². The molecule has 150 valence electrons. The highest BCUT2D eigenvalue weighted by Gasteiger charge is 2.16. The van der Waals surface area contributed by atoms with Gasteiger partial charge in [0, 0.05) is 44.0 Å². The van der Waals surface area contributed by atoms with Crippen LogP contribution in [-0.2, 0) is 4.79 Å². The molecule has 1 fully saturated rings. The van der Waals surface area contributed by atoms with Crippen molar-refractivity contribution in [3.63, 3.8) is 0 Å². The smallest absolute Gasteiger partial charge is 0.224 e. The molecule has 1 heterocycles. The van der Waals surface area contributed by atoms with Gasteiger partial charge in [-0.3, -0.25) is 4.79 Å². The van der Waals surface area contributed by atoms with Crippen LogP contribution in [0.4, 0.5) is 11.4 Å². The summed E-state index contributed by atoms with van der Waals surface area (Å²) in [5.74, 6) is 0.875. The summed E-state index contributed by atoms with van der Waals surface area (Å²) in [6.07, 6.45) is 1.14. The van der Waals surface area contributed by atoms with Crippen molar-refractivity contribution < 1.29 is 9.53 Å². The number of nitrogens with one attached hydrogen (secondary N) is 1. The molecular weight excluding hydrogens is 350 g/mol. The molecule has 0 atom stereocenters. The van der Waals surface area contributed by atoms with Crippen LogP contribution < -0.4 is 15.0 Å². The number of carbonyl (C=O) groups is 1. The lowest BCUT2D eigenvalue weighted by Gasteiger charge is -2.35. The van der Waals surface area contributed by atoms with Crippen LogP contribution in [0.15, 0.2) is 42.5 Å². The molecule has 0 unspecified atom stereocenters. The van der Waals surface area contributed by atoms with Crippen molar-refractivity contribution in [3.05, 3.63) is 53.6 Å². The Labute approximate surface area is 168 Å². The van der Waals surface area contributed by atoms with Crippen LogP contribution in [0.25, 0.3) is 0 Å². The van der Waals surface area contributed by atoms with Crippen molar-refractivity contribution >= 4 is 17.3 Å². The van der Waals surface area contributed by atoms with Crippen molar-refractivity contribution in [2.75, 3.05) is 50.1 Å². The van der Waals surface area contributed by atoms with Crippen LogP contribution in [0.1, 0.15) is 24.0 Å². The van der Waals surface area contributed by atoms with E-state index in [9.17, 15) is 4.79 Å². The van der Waals surface area contributed by atoms with Crippen molar-refractivity contribution in [1.82, 2.24) is 4.90 Å². The summed E-state index contributed by atoms with van der Waals surface area (Å²) in [7, 11) is 2.16. The van der Waals surface area contributed by atoms with Gasteiger partial charge in [-0.25, -0.2) is 0 Å². The first-order valence-corrected chi connectivity index (χ1v) is 10.0. The average Bonchev–Trinajstić information content (AvgIpc) is 2.68. The van der Waals surface area contributed by atoms with Crippen LogP contribution in [0, 0.1) is 13.8 Å². The number of piperazine rings is 1. The molecule has 1 N–H and O–H groups in total. The van der Waals surface area contributed by atoms with E-state index in [2.05, 4.69) is 41.2 Å². The second-order valence-corrected chi connectivity index (χ2v) is 7.60. The summed E-state index contributed by atoms with van der Waals surface area (Å²) >= 11 is 0. The topological polar surface area (TPSA) is 44.8 Å². The fourth-order valence-corrected chi connectivity index (χ4v) is 3.42. The molecule has 5 heteroatoms. The number of anilines is 2. The Morgan fingerprint density at radius 1 is 1.04 bits per heavy atom. The van der Waals surface area contributed by atoms with Gasteiger partial charge in [-0.05, 0) is 63.2 Å². The summed E-state index contributed by atoms with van der Waals surface area (Å²) in [5, 5.41) is 3.00. The van der Waals surface area contributed by atoms with Gasteiger partial charge in [0.1, 0.15) is 5.75 Å². The van der Waals surface area contributed by atoms with Gasteiger partial charge < -0.3 is 19.9 Å². The monoisotopic (exact) mass is 381 g/mol. The predicted molar refractivity (Wildman–Crippen MR) is 115 cm³/mol. The first-order chi connectivity index (χ1) is 13.5. The number of benzene rings is 2. The Bertz CT molecular complexity index is 781. The van der Waals surface area contributed by atoms with E-state index in [4.69, 9.17) is 4.74 Å². The van der Waals surface area contributed by atoms with Crippen LogP contribution in [-0.4, -0.2) is 50.6 Å². The van der Waals surface area contributed by atoms with Gasteiger partial charge in [0.2, 0.25) is 5.91 Å². The predicted octanol–water partition coefficient (Wildman–Crippen LogP) is 3.85. The number of ether oxygens (including phenoxy) is 1. The molecule has 2 aromatic carbocycles. The Balaban J connectivity index is 1.43. The number of aryl methyl sites for hydroxylation is 2. The van der Waals surface area contributed by atoms with Crippen LogP contribution in [0.3, 0.4) is 0 Å². The summed E-state index contributed by atoms with van der Waals surface area (Å²) in [4.78, 5) is 17.0. The minimum absolute atomic E-state index is 0.0271. The van der Waals surface area contributed by atoms with E-state index in [1.54, 1.807) is 0 Å². The number of hydrogen-bond acceptors (Lipinski definition) is 4. The standard InChI is InChI=1S/C23H31N3O2/c1-18-6-9-21(10-7-18)28-16-4-5-23(27)24-20-8-11-22(19(2)17-20)26-14-12-25(3)13-15-26/h6-11,17H,4-5,12-16H2,1-3H3,(H,24,27).